The summed E-state index contributed by atoms with van der Waals surface area (Å²) in [7, 11) is 0. The van der Waals surface area contributed by atoms with Crippen molar-refractivity contribution in [3.8, 4) is 0 Å². The maximum absolute atomic E-state index is 10.8. The lowest BCUT2D eigenvalue weighted by Crippen LogP contribution is -2.26. The molecule has 0 aliphatic carbocycles. The van der Waals surface area contributed by atoms with Gasteiger partial charge in [0, 0.05) is 12.7 Å². The Hall–Kier alpha value is -1.36. The van der Waals surface area contributed by atoms with Gasteiger partial charge in [0.25, 0.3) is 0 Å². The van der Waals surface area contributed by atoms with Crippen LogP contribution >= 0.6 is 0 Å². The van der Waals surface area contributed by atoms with Gasteiger partial charge in [0.2, 0.25) is 0 Å². The molecule has 0 amide bonds. The number of carboxylic acid groups (broad SMARTS) is 1. The number of aryl methyl sites for hydroxylation is 1. The Morgan fingerprint density at radius 1 is 1.62 bits per heavy atom. The van der Waals surface area contributed by atoms with Crippen molar-refractivity contribution >= 4 is 5.97 Å². The maximum atomic E-state index is 10.8. The van der Waals surface area contributed by atoms with Crippen LogP contribution in [0.3, 0.4) is 0 Å². The molecule has 0 spiro atoms. The molecular formula is C11H19N3O2. The summed E-state index contributed by atoms with van der Waals surface area (Å²) in [5, 5.41) is 12.1. The smallest absolute Gasteiger partial charge is 0.305 e. The Bertz CT molecular complexity index is 336. The largest absolute Gasteiger partial charge is 0.481 e. The molecule has 0 aromatic carbocycles. The Balaban J connectivity index is 2.78. The SMILES string of the molecule is CCCNC(CC(=O)O)c1cncn1CC. The summed E-state index contributed by atoms with van der Waals surface area (Å²) in [6.07, 6.45) is 4.54. The van der Waals surface area contributed by atoms with Gasteiger partial charge in [-0.05, 0) is 19.9 Å². The van der Waals surface area contributed by atoms with Crippen LogP contribution in [-0.4, -0.2) is 27.2 Å². The van der Waals surface area contributed by atoms with E-state index < -0.39 is 5.97 Å². The fourth-order valence-electron chi connectivity index (χ4n) is 1.66. The summed E-state index contributed by atoms with van der Waals surface area (Å²) in [4.78, 5) is 14.9. The highest BCUT2D eigenvalue weighted by molar-refractivity contribution is 5.67. The normalized spacial score (nSPS) is 12.6. The number of carbonyl (C=O) groups is 1. The van der Waals surface area contributed by atoms with E-state index in [-0.39, 0.29) is 12.5 Å². The molecule has 2 N–H and O–H groups in total. The molecular weight excluding hydrogens is 206 g/mol. The van der Waals surface area contributed by atoms with Gasteiger partial charge in [-0.1, -0.05) is 6.92 Å². The molecule has 1 rings (SSSR count). The molecule has 0 saturated carbocycles. The molecule has 1 atom stereocenters. The van der Waals surface area contributed by atoms with Crippen molar-refractivity contribution in [1.82, 2.24) is 14.9 Å². The molecule has 1 aromatic heterocycles. The van der Waals surface area contributed by atoms with Crippen molar-refractivity contribution in [2.45, 2.75) is 39.3 Å². The van der Waals surface area contributed by atoms with Crippen LogP contribution in [-0.2, 0) is 11.3 Å². The predicted octanol–water partition coefficient (Wildman–Crippen LogP) is 1.42. The van der Waals surface area contributed by atoms with Crippen LogP contribution in [0.4, 0.5) is 0 Å². The van der Waals surface area contributed by atoms with Crippen LogP contribution in [0.1, 0.15) is 38.4 Å². The second kappa shape index (κ2) is 6.27. The molecule has 0 bridgehead atoms. The summed E-state index contributed by atoms with van der Waals surface area (Å²) in [6.45, 7) is 5.69. The summed E-state index contributed by atoms with van der Waals surface area (Å²) < 4.78 is 1.97. The van der Waals surface area contributed by atoms with Crippen LogP contribution in [0.5, 0.6) is 0 Å². The molecule has 0 fully saturated rings. The molecule has 0 aliphatic heterocycles. The minimum atomic E-state index is -0.794. The van der Waals surface area contributed by atoms with E-state index in [9.17, 15) is 4.79 Å². The zero-order valence-corrected chi connectivity index (χ0v) is 9.81. The van der Waals surface area contributed by atoms with E-state index in [0.717, 1.165) is 25.2 Å². The van der Waals surface area contributed by atoms with Crippen molar-refractivity contribution in [3.63, 3.8) is 0 Å². The van der Waals surface area contributed by atoms with Crippen molar-refractivity contribution in [2.24, 2.45) is 0 Å². The van der Waals surface area contributed by atoms with Gasteiger partial charge in [0.1, 0.15) is 0 Å². The van der Waals surface area contributed by atoms with E-state index in [1.165, 1.54) is 0 Å². The number of nitrogens with one attached hydrogen (secondary N) is 1. The zero-order valence-electron chi connectivity index (χ0n) is 9.81. The molecule has 5 nitrogen and oxygen atoms in total. The zero-order chi connectivity index (χ0) is 12.0. The van der Waals surface area contributed by atoms with Gasteiger partial charge in [-0.2, -0.15) is 0 Å². The van der Waals surface area contributed by atoms with Gasteiger partial charge in [-0.3, -0.25) is 4.79 Å². The third kappa shape index (κ3) is 3.34. The van der Waals surface area contributed by atoms with Crippen molar-refractivity contribution in [3.05, 3.63) is 18.2 Å². The third-order valence-electron chi connectivity index (χ3n) is 2.46. The van der Waals surface area contributed by atoms with Crippen molar-refractivity contribution in [1.29, 1.82) is 0 Å². The lowest BCUT2D eigenvalue weighted by atomic mass is 10.1. The van der Waals surface area contributed by atoms with Crippen LogP contribution in [0, 0.1) is 0 Å². The number of carboxylic acids is 1. The first-order chi connectivity index (χ1) is 7.69. The van der Waals surface area contributed by atoms with E-state index in [0.29, 0.717) is 0 Å². The number of hydrogen-bond acceptors (Lipinski definition) is 3. The second-order valence-electron chi connectivity index (χ2n) is 3.71. The minimum absolute atomic E-state index is 0.0890. The second-order valence-corrected chi connectivity index (χ2v) is 3.71. The van der Waals surface area contributed by atoms with E-state index in [2.05, 4.69) is 17.2 Å². The van der Waals surface area contributed by atoms with Crippen molar-refractivity contribution in [2.75, 3.05) is 6.54 Å². The number of nitrogens with zero attached hydrogens (tertiary/aromatic N) is 2. The number of imidazole rings is 1. The van der Waals surface area contributed by atoms with E-state index in [1.54, 1.807) is 12.5 Å². The predicted molar refractivity (Wildman–Crippen MR) is 61.2 cm³/mol. The highest BCUT2D eigenvalue weighted by Crippen LogP contribution is 2.16. The highest BCUT2D eigenvalue weighted by Gasteiger charge is 2.17. The highest BCUT2D eigenvalue weighted by atomic mass is 16.4. The Morgan fingerprint density at radius 2 is 2.38 bits per heavy atom. The molecule has 1 unspecified atom stereocenters. The fourth-order valence-corrected chi connectivity index (χ4v) is 1.66. The van der Waals surface area contributed by atoms with Gasteiger partial charge in [0.05, 0.1) is 24.5 Å². The standard InChI is InChI=1S/C11H19N3O2/c1-3-5-13-9(6-11(15)16)10-7-12-8-14(10)4-2/h7-9,13H,3-6H2,1-2H3,(H,15,16). The summed E-state index contributed by atoms with van der Waals surface area (Å²) >= 11 is 0. The molecule has 1 heterocycles. The average Bonchev–Trinajstić information content (AvgIpc) is 2.71. The first-order valence-corrected chi connectivity index (χ1v) is 5.64. The first kappa shape index (κ1) is 12.7. The van der Waals surface area contributed by atoms with Crippen molar-refractivity contribution < 1.29 is 9.90 Å². The Morgan fingerprint density at radius 3 is 2.94 bits per heavy atom. The number of aromatic nitrogens is 2. The molecule has 90 valence electrons. The molecule has 5 heteroatoms. The maximum Gasteiger partial charge on any atom is 0.305 e. The lowest BCUT2D eigenvalue weighted by molar-refractivity contribution is -0.137. The fraction of sp³-hybridized carbons (Fsp3) is 0.636. The number of aliphatic carboxylic acids is 1. The van der Waals surface area contributed by atoms with Crippen LogP contribution in [0.2, 0.25) is 0 Å². The summed E-state index contributed by atoms with van der Waals surface area (Å²) in [5.74, 6) is -0.794. The van der Waals surface area contributed by atoms with E-state index in [4.69, 9.17) is 5.11 Å². The average molecular weight is 225 g/mol. The molecule has 0 radical (unpaired) electrons. The topological polar surface area (TPSA) is 67.2 Å². The van der Waals surface area contributed by atoms with E-state index in [1.807, 2.05) is 11.5 Å². The first-order valence-electron chi connectivity index (χ1n) is 5.64. The number of rotatable bonds is 7. The molecule has 16 heavy (non-hydrogen) atoms. The van der Waals surface area contributed by atoms with Gasteiger partial charge < -0.3 is 15.0 Å². The lowest BCUT2D eigenvalue weighted by Gasteiger charge is -2.17. The quantitative estimate of drug-likeness (QED) is 0.736. The molecule has 0 aliphatic rings. The van der Waals surface area contributed by atoms with Crippen LogP contribution in [0.15, 0.2) is 12.5 Å². The molecule has 1 aromatic rings. The van der Waals surface area contributed by atoms with Crippen LogP contribution in [0.25, 0.3) is 0 Å². The van der Waals surface area contributed by atoms with Gasteiger partial charge in [-0.15, -0.1) is 0 Å². The van der Waals surface area contributed by atoms with Gasteiger partial charge >= 0.3 is 5.97 Å². The Labute approximate surface area is 95.5 Å². The van der Waals surface area contributed by atoms with Gasteiger partial charge in [0.15, 0.2) is 0 Å². The van der Waals surface area contributed by atoms with E-state index >= 15 is 0 Å². The monoisotopic (exact) mass is 225 g/mol. The third-order valence-corrected chi connectivity index (χ3v) is 2.46. The summed E-state index contributed by atoms with van der Waals surface area (Å²) in [6, 6.07) is -0.153. The number of hydrogen-bond donors (Lipinski definition) is 2. The van der Waals surface area contributed by atoms with Crippen LogP contribution < -0.4 is 5.32 Å². The minimum Gasteiger partial charge on any atom is -0.481 e. The Kier molecular flexibility index (Phi) is 4.98. The van der Waals surface area contributed by atoms with Gasteiger partial charge in [-0.25, -0.2) is 4.98 Å². The molecule has 0 saturated heterocycles. The summed E-state index contributed by atoms with van der Waals surface area (Å²) in [5.41, 5.74) is 0.943.